The third kappa shape index (κ3) is 5.05. The highest BCUT2D eigenvalue weighted by Gasteiger charge is 2.21. The monoisotopic (exact) mass is 454 g/mol. The number of ether oxygens (including phenoxy) is 1. The van der Waals surface area contributed by atoms with Gasteiger partial charge in [0.05, 0.1) is 22.4 Å². The number of nitrogens with zero attached hydrogens (tertiary/aromatic N) is 3. The molecule has 0 atom stereocenters. The second-order valence-corrected chi connectivity index (χ2v) is 7.04. The number of carbonyl (C=O) groups is 2. The molecule has 1 aromatic heterocycles. The molecule has 4 rings (SSSR count). The van der Waals surface area contributed by atoms with E-state index in [4.69, 9.17) is 4.74 Å². The van der Waals surface area contributed by atoms with Crippen molar-refractivity contribution in [1.82, 2.24) is 9.99 Å². The number of amides is 1. The third-order valence-electron chi connectivity index (χ3n) is 4.82. The minimum absolute atomic E-state index is 0.138. The number of hydrogen-bond acceptors (Lipinski definition) is 6. The van der Waals surface area contributed by atoms with Gasteiger partial charge >= 0.3 is 5.97 Å². The standard InChI is InChI=1S/C25H18N4O5/c30-24(20-7-1-3-9-22(20)28-15-5-6-16-28)27-26-17-18-11-13-19(14-12-18)34-25(31)21-8-2-4-10-23(21)29(32)33/h1-17H,(H,27,30). The number of hydrogen-bond donors (Lipinski definition) is 1. The first-order valence-electron chi connectivity index (χ1n) is 10.1. The number of para-hydroxylation sites is 2. The van der Waals surface area contributed by atoms with Crippen LogP contribution in [0.5, 0.6) is 5.75 Å². The number of esters is 1. The van der Waals surface area contributed by atoms with Crippen LogP contribution in [0.3, 0.4) is 0 Å². The highest BCUT2D eigenvalue weighted by atomic mass is 16.6. The molecule has 0 radical (unpaired) electrons. The minimum Gasteiger partial charge on any atom is -0.423 e. The van der Waals surface area contributed by atoms with Crippen LogP contribution in [-0.2, 0) is 0 Å². The first kappa shape index (κ1) is 22.2. The number of nitrogens with one attached hydrogen (secondary N) is 1. The van der Waals surface area contributed by atoms with Crippen molar-refractivity contribution < 1.29 is 19.2 Å². The molecule has 0 fully saturated rings. The minimum atomic E-state index is -0.831. The lowest BCUT2D eigenvalue weighted by Crippen LogP contribution is -2.19. The quantitative estimate of drug-likeness (QED) is 0.146. The molecule has 0 spiro atoms. The second kappa shape index (κ2) is 10.0. The maximum absolute atomic E-state index is 12.6. The Labute approximate surface area is 194 Å². The maximum Gasteiger partial charge on any atom is 0.350 e. The second-order valence-electron chi connectivity index (χ2n) is 7.04. The van der Waals surface area contributed by atoms with Gasteiger partial charge < -0.3 is 9.30 Å². The summed E-state index contributed by atoms with van der Waals surface area (Å²) in [6, 6.07) is 22.8. The number of hydrazone groups is 1. The first-order chi connectivity index (χ1) is 16.5. The van der Waals surface area contributed by atoms with E-state index in [-0.39, 0.29) is 22.9 Å². The van der Waals surface area contributed by atoms with Gasteiger partial charge in [-0.05, 0) is 60.2 Å². The van der Waals surface area contributed by atoms with Crippen LogP contribution in [0.25, 0.3) is 5.69 Å². The SMILES string of the molecule is O=C(NN=Cc1ccc(OC(=O)c2ccccc2[N+](=O)[O-])cc1)c1ccccc1-n1cccc1. The molecule has 0 bridgehead atoms. The van der Waals surface area contributed by atoms with Crippen molar-refractivity contribution in [3.63, 3.8) is 0 Å². The van der Waals surface area contributed by atoms with Gasteiger partial charge in [-0.2, -0.15) is 5.10 Å². The fraction of sp³-hybridized carbons (Fsp3) is 0. The summed E-state index contributed by atoms with van der Waals surface area (Å²) in [5, 5.41) is 15.1. The summed E-state index contributed by atoms with van der Waals surface area (Å²) in [6.07, 6.45) is 5.14. The Morgan fingerprint density at radius 3 is 2.24 bits per heavy atom. The summed E-state index contributed by atoms with van der Waals surface area (Å²) in [7, 11) is 0. The zero-order valence-electron chi connectivity index (χ0n) is 17.7. The average molecular weight is 454 g/mol. The van der Waals surface area contributed by atoms with Gasteiger partial charge in [-0.15, -0.1) is 0 Å². The Hall–Kier alpha value is -5.05. The summed E-state index contributed by atoms with van der Waals surface area (Å²) in [5.74, 6) is -0.983. The zero-order chi connectivity index (χ0) is 23.9. The van der Waals surface area contributed by atoms with E-state index in [1.165, 1.54) is 42.6 Å². The van der Waals surface area contributed by atoms with Crippen molar-refractivity contribution in [2.45, 2.75) is 0 Å². The highest BCUT2D eigenvalue weighted by Crippen LogP contribution is 2.21. The van der Waals surface area contributed by atoms with Gasteiger partial charge in [0, 0.05) is 18.5 Å². The lowest BCUT2D eigenvalue weighted by molar-refractivity contribution is -0.385. The normalized spacial score (nSPS) is 10.7. The molecule has 3 aromatic carbocycles. The van der Waals surface area contributed by atoms with E-state index >= 15 is 0 Å². The molecule has 0 saturated carbocycles. The number of carbonyl (C=O) groups excluding carboxylic acids is 2. The number of aromatic nitrogens is 1. The van der Waals surface area contributed by atoms with E-state index in [2.05, 4.69) is 10.5 Å². The van der Waals surface area contributed by atoms with Crippen LogP contribution in [0.1, 0.15) is 26.3 Å². The van der Waals surface area contributed by atoms with Gasteiger partial charge in [-0.25, -0.2) is 10.2 Å². The molecule has 1 N–H and O–H groups in total. The van der Waals surface area contributed by atoms with Crippen molar-refractivity contribution in [1.29, 1.82) is 0 Å². The predicted octanol–water partition coefficient (Wildman–Crippen LogP) is 4.37. The number of rotatable bonds is 7. The molecule has 34 heavy (non-hydrogen) atoms. The van der Waals surface area contributed by atoms with Gasteiger partial charge in [0.25, 0.3) is 11.6 Å². The van der Waals surface area contributed by atoms with E-state index in [0.717, 1.165) is 5.69 Å². The summed E-state index contributed by atoms with van der Waals surface area (Å²) >= 11 is 0. The predicted molar refractivity (Wildman–Crippen MR) is 125 cm³/mol. The molecular weight excluding hydrogens is 436 g/mol. The lowest BCUT2D eigenvalue weighted by atomic mass is 10.1. The summed E-state index contributed by atoms with van der Waals surface area (Å²) < 4.78 is 7.07. The van der Waals surface area contributed by atoms with Gasteiger partial charge in [0.2, 0.25) is 0 Å². The van der Waals surface area contributed by atoms with Crippen LogP contribution in [-0.4, -0.2) is 27.6 Å². The molecule has 1 heterocycles. The van der Waals surface area contributed by atoms with E-state index < -0.39 is 10.9 Å². The molecule has 4 aromatic rings. The molecule has 168 valence electrons. The molecule has 9 nitrogen and oxygen atoms in total. The van der Waals surface area contributed by atoms with Crippen LogP contribution in [0.2, 0.25) is 0 Å². The Kier molecular flexibility index (Phi) is 6.55. The topological polar surface area (TPSA) is 116 Å². The molecule has 0 aliphatic heterocycles. The average Bonchev–Trinajstić information content (AvgIpc) is 3.40. The zero-order valence-corrected chi connectivity index (χ0v) is 17.7. The van der Waals surface area contributed by atoms with Crippen molar-refractivity contribution in [2.75, 3.05) is 0 Å². The van der Waals surface area contributed by atoms with Crippen LogP contribution in [0, 0.1) is 10.1 Å². The van der Waals surface area contributed by atoms with E-state index in [0.29, 0.717) is 11.1 Å². The van der Waals surface area contributed by atoms with E-state index in [9.17, 15) is 19.7 Å². The Morgan fingerprint density at radius 2 is 1.53 bits per heavy atom. The van der Waals surface area contributed by atoms with Crippen molar-refractivity contribution >= 4 is 23.8 Å². The third-order valence-corrected chi connectivity index (χ3v) is 4.82. The van der Waals surface area contributed by atoms with Gasteiger partial charge in [-0.1, -0.05) is 24.3 Å². The van der Waals surface area contributed by atoms with Crippen LogP contribution >= 0.6 is 0 Å². The number of nitro groups is 1. The van der Waals surface area contributed by atoms with Gasteiger partial charge in [-0.3, -0.25) is 14.9 Å². The van der Waals surface area contributed by atoms with E-state index in [1.54, 1.807) is 24.3 Å². The van der Waals surface area contributed by atoms with Crippen molar-refractivity contribution in [3.8, 4) is 11.4 Å². The highest BCUT2D eigenvalue weighted by molar-refractivity contribution is 5.98. The maximum atomic E-state index is 12.6. The van der Waals surface area contributed by atoms with Crippen LogP contribution in [0.4, 0.5) is 5.69 Å². The number of benzene rings is 3. The van der Waals surface area contributed by atoms with Gasteiger partial charge in [0.15, 0.2) is 0 Å². The van der Waals surface area contributed by atoms with E-state index in [1.807, 2.05) is 41.2 Å². The van der Waals surface area contributed by atoms with Crippen molar-refractivity contribution in [2.24, 2.45) is 5.10 Å². The molecule has 1 amide bonds. The Balaban J connectivity index is 1.39. The van der Waals surface area contributed by atoms with Crippen molar-refractivity contribution in [3.05, 3.63) is 124 Å². The Morgan fingerprint density at radius 1 is 0.882 bits per heavy atom. The fourth-order valence-electron chi connectivity index (χ4n) is 3.20. The molecule has 0 unspecified atom stereocenters. The first-order valence-corrected chi connectivity index (χ1v) is 10.1. The molecule has 0 saturated heterocycles. The largest absolute Gasteiger partial charge is 0.423 e. The van der Waals surface area contributed by atoms with Gasteiger partial charge in [0.1, 0.15) is 11.3 Å². The molecule has 0 aliphatic carbocycles. The summed E-state index contributed by atoms with van der Waals surface area (Å²) in [4.78, 5) is 35.4. The number of nitro benzene ring substituents is 1. The smallest absolute Gasteiger partial charge is 0.350 e. The Bertz CT molecular complexity index is 1360. The lowest BCUT2D eigenvalue weighted by Gasteiger charge is -2.09. The molecule has 0 aliphatic rings. The fourth-order valence-corrected chi connectivity index (χ4v) is 3.20. The molecular formula is C25H18N4O5. The molecule has 9 heteroatoms. The summed E-state index contributed by atoms with van der Waals surface area (Å²) in [5.41, 5.74) is 3.87. The van der Waals surface area contributed by atoms with Crippen LogP contribution in [0.15, 0.2) is 102 Å². The summed E-state index contributed by atoms with van der Waals surface area (Å²) in [6.45, 7) is 0. The van der Waals surface area contributed by atoms with Crippen LogP contribution < -0.4 is 10.2 Å².